The Labute approximate surface area is 129 Å². The number of allylic oxidation sites excluding steroid dienone is 1. The highest BCUT2D eigenvalue weighted by Gasteiger charge is 2.17. The molecular weight excluding hydrogens is 274 g/mol. The van der Waals surface area contributed by atoms with Crippen molar-refractivity contribution >= 4 is 17.5 Å². The number of rotatable bonds is 2. The fourth-order valence-electron chi connectivity index (χ4n) is 2.44. The monoisotopic (exact) mass is 291 g/mol. The fourth-order valence-corrected chi connectivity index (χ4v) is 2.44. The molecule has 5 heteroatoms. The molecule has 5 nitrogen and oxygen atoms in total. The van der Waals surface area contributed by atoms with Crippen LogP contribution in [0.5, 0.6) is 0 Å². The van der Waals surface area contributed by atoms with Gasteiger partial charge < -0.3 is 5.73 Å². The molecule has 0 saturated carbocycles. The highest BCUT2D eigenvalue weighted by Crippen LogP contribution is 2.25. The van der Waals surface area contributed by atoms with E-state index in [-0.39, 0.29) is 11.4 Å². The summed E-state index contributed by atoms with van der Waals surface area (Å²) in [5.74, 6) is 0.136. The molecule has 0 unspecified atom stereocenters. The molecule has 0 atom stereocenters. The van der Waals surface area contributed by atoms with E-state index in [1.165, 1.54) is 10.2 Å². The Morgan fingerprint density at radius 1 is 1.23 bits per heavy atom. The Hall–Kier alpha value is -3.05. The van der Waals surface area contributed by atoms with Crippen LogP contribution in [-0.4, -0.2) is 9.78 Å². The first kappa shape index (κ1) is 15.3. The van der Waals surface area contributed by atoms with Crippen LogP contribution in [-0.2, 0) is 7.05 Å². The summed E-state index contributed by atoms with van der Waals surface area (Å²) in [6, 6.07) is 8.20. The van der Waals surface area contributed by atoms with E-state index in [1.807, 2.05) is 32.0 Å². The van der Waals surface area contributed by atoms with Gasteiger partial charge in [-0.05, 0) is 49.1 Å². The van der Waals surface area contributed by atoms with E-state index < -0.39 is 0 Å². The van der Waals surface area contributed by atoms with Gasteiger partial charge in [-0.2, -0.15) is 15.6 Å². The number of hydrogen-bond acceptors (Lipinski definition) is 4. The van der Waals surface area contributed by atoms with Gasteiger partial charge in [-0.25, -0.2) is 0 Å². The smallest absolute Gasteiger partial charge is 0.164 e. The van der Waals surface area contributed by atoms with Crippen LogP contribution in [0, 0.1) is 43.4 Å². The Bertz CT molecular complexity index is 833. The van der Waals surface area contributed by atoms with Crippen LogP contribution in [0.15, 0.2) is 12.1 Å². The van der Waals surface area contributed by atoms with Crippen LogP contribution >= 0.6 is 0 Å². The molecule has 0 radical (unpaired) electrons. The third-order valence-corrected chi connectivity index (χ3v) is 3.82. The number of nitrogens with zero attached hydrogens (tertiary/aromatic N) is 4. The lowest BCUT2D eigenvalue weighted by Crippen LogP contribution is -1.98. The summed E-state index contributed by atoms with van der Waals surface area (Å²) in [5.41, 5.74) is 11.2. The summed E-state index contributed by atoms with van der Waals surface area (Å²) in [4.78, 5) is 0. The number of aromatic nitrogens is 2. The minimum Gasteiger partial charge on any atom is -0.381 e. The average molecular weight is 291 g/mol. The SMILES string of the molecule is Cc1cc(/C=C(\C#N)c2c(C#N)c(N)nn2C)cc(C)c1C. The maximum absolute atomic E-state index is 9.48. The van der Waals surface area contributed by atoms with Crippen molar-refractivity contribution in [1.29, 1.82) is 10.5 Å². The van der Waals surface area contributed by atoms with Crippen molar-refractivity contribution in [3.63, 3.8) is 0 Å². The van der Waals surface area contributed by atoms with E-state index in [1.54, 1.807) is 13.1 Å². The number of benzene rings is 1. The van der Waals surface area contributed by atoms with Crippen molar-refractivity contribution in [3.05, 3.63) is 45.6 Å². The van der Waals surface area contributed by atoms with Gasteiger partial charge in [-0.3, -0.25) is 4.68 Å². The number of anilines is 1. The topological polar surface area (TPSA) is 91.4 Å². The molecule has 0 aliphatic rings. The standard InChI is InChI=1S/C17H17N5/c1-10-5-13(6-11(2)12(10)3)7-14(8-18)16-15(9-19)17(20)21-22(16)4/h5-7H,1-4H3,(H2,20,21)/b14-7+. The van der Waals surface area contributed by atoms with E-state index in [0.717, 1.165) is 16.7 Å². The number of hydrogen-bond donors (Lipinski definition) is 1. The Morgan fingerprint density at radius 2 is 1.82 bits per heavy atom. The van der Waals surface area contributed by atoms with Crippen LogP contribution in [0.4, 0.5) is 5.82 Å². The second-order valence-corrected chi connectivity index (χ2v) is 5.29. The minimum absolute atomic E-state index is 0.136. The van der Waals surface area contributed by atoms with Crippen molar-refractivity contribution in [2.75, 3.05) is 5.73 Å². The van der Waals surface area contributed by atoms with E-state index in [4.69, 9.17) is 5.73 Å². The summed E-state index contributed by atoms with van der Waals surface area (Å²) in [6.07, 6.45) is 1.76. The minimum atomic E-state index is 0.136. The maximum Gasteiger partial charge on any atom is 0.164 e. The zero-order chi connectivity index (χ0) is 16.4. The van der Waals surface area contributed by atoms with Crippen molar-refractivity contribution < 1.29 is 0 Å². The lowest BCUT2D eigenvalue weighted by Gasteiger charge is -2.07. The molecule has 0 saturated heterocycles. The molecule has 0 fully saturated rings. The third kappa shape index (κ3) is 2.57. The molecule has 110 valence electrons. The first-order valence-corrected chi connectivity index (χ1v) is 6.81. The summed E-state index contributed by atoms with van der Waals surface area (Å²) < 4.78 is 1.47. The Balaban J connectivity index is 2.64. The van der Waals surface area contributed by atoms with Crippen molar-refractivity contribution in [1.82, 2.24) is 9.78 Å². The molecule has 2 aromatic rings. The molecule has 0 amide bonds. The molecule has 0 spiro atoms. The zero-order valence-corrected chi connectivity index (χ0v) is 13.1. The van der Waals surface area contributed by atoms with Crippen LogP contribution in [0.25, 0.3) is 11.6 Å². The Morgan fingerprint density at radius 3 is 2.32 bits per heavy atom. The van der Waals surface area contributed by atoms with Gasteiger partial charge in [0.25, 0.3) is 0 Å². The Kier molecular flexibility index (Phi) is 4.01. The van der Waals surface area contributed by atoms with Crippen molar-refractivity contribution in [3.8, 4) is 12.1 Å². The van der Waals surface area contributed by atoms with E-state index in [2.05, 4.69) is 18.1 Å². The zero-order valence-electron chi connectivity index (χ0n) is 13.1. The normalized spacial score (nSPS) is 11.1. The maximum atomic E-state index is 9.48. The van der Waals surface area contributed by atoms with Crippen molar-refractivity contribution in [2.45, 2.75) is 20.8 Å². The predicted molar refractivity (Wildman–Crippen MR) is 86.5 cm³/mol. The molecule has 0 aliphatic heterocycles. The summed E-state index contributed by atoms with van der Waals surface area (Å²) in [6.45, 7) is 6.14. The van der Waals surface area contributed by atoms with Gasteiger partial charge in [0.15, 0.2) is 5.82 Å². The van der Waals surface area contributed by atoms with Crippen LogP contribution in [0.2, 0.25) is 0 Å². The van der Waals surface area contributed by atoms with Gasteiger partial charge in [-0.15, -0.1) is 0 Å². The first-order chi connectivity index (χ1) is 10.4. The quantitative estimate of drug-likeness (QED) is 0.861. The number of nitriles is 2. The molecular formula is C17H17N5. The van der Waals surface area contributed by atoms with Gasteiger partial charge >= 0.3 is 0 Å². The largest absolute Gasteiger partial charge is 0.381 e. The molecule has 0 bridgehead atoms. The highest BCUT2D eigenvalue weighted by atomic mass is 15.3. The van der Waals surface area contributed by atoms with E-state index in [9.17, 15) is 10.5 Å². The first-order valence-electron chi connectivity index (χ1n) is 6.81. The molecule has 22 heavy (non-hydrogen) atoms. The molecule has 1 heterocycles. The van der Waals surface area contributed by atoms with Gasteiger partial charge in [0.2, 0.25) is 0 Å². The van der Waals surface area contributed by atoms with Crippen LogP contribution in [0.3, 0.4) is 0 Å². The number of aryl methyl sites for hydroxylation is 3. The van der Waals surface area contributed by atoms with Gasteiger partial charge in [0, 0.05) is 7.05 Å². The van der Waals surface area contributed by atoms with Crippen LogP contribution < -0.4 is 5.73 Å². The molecule has 1 aromatic heterocycles. The van der Waals surface area contributed by atoms with Gasteiger partial charge in [0.05, 0.1) is 11.3 Å². The summed E-state index contributed by atoms with van der Waals surface area (Å²) in [7, 11) is 1.67. The fraction of sp³-hybridized carbons (Fsp3) is 0.235. The lowest BCUT2D eigenvalue weighted by molar-refractivity contribution is 0.761. The summed E-state index contributed by atoms with van der Waals surface area (Å²) in [5, 5.41) is 22.7. The molecule has 2 rings (SSSR count). The van der Waals surface area contributed by atoms with E-state index in [0.29, 0.717) is 11.3 Å². The molecule has 0 aliphatic carbocycles. The summed E-state index contributed by atoms with van der Waals surface area (Å²) >= 11 is 0. The van der Waals surface area contributed by atoms with E-state index >= 15 is 0 Å². The second-order valence-electron chi connectivity index (χ2n) is 5.29. The second kappa shape index (κ2) is 5.75. The average Bonchev–Trinajstić information content (AvgIpc) is 2.75. The van der Waals surface area contributed by atoms with Crippen LogP contribution in [0.1, 0.15) is 33.5 Å². The molecule has 2 N–H and O–H groups in total. The highest BCUT2D eigenvalue weighted by molar-refractivity contribution is 5.91. The van der Waals surface area contributed by atoms with Gasteiger partial charge in [-0.1, -0.05) is 12.1 Å². The third-order valence-electron chi connectivity index (χ3n) is 3.82. The predicted octanol–water partition coefficient (Wildman–Crippen LogP) is 2.86. The number of nitrogens with two attached hydrogens (primary N) is 1. The van der Waals surface area contributed by atoms with Gasteiger partial charge in [0.1, 0.15) is 17.7 Å². The van der Waals surface area contributed by atoms with Crippen molar-refractivity contribution in [2.24, 2.45) is 7.05 Å². The lowest BCUT2D eigenvalue weighted by atomic mass is 9.98. The number of nitrogen functional groups attached to an aromatic ring is 1. The molecule has 1 aromatic carbocycles.